The standard InChI is InChI=1S/C15H14O4S/c1-19-14-8-7-11(9-12(14)10-16)13-5-3-4-6-15(13)20(2,17)18/h3-10H,1-2H3. The molecule has 0 aliphatic heterocycles. The second-order valence-corrected chi connectivity index (χ2v) is 6.33. The highest BCUT2D eigenvalue weighted by Gasteiger charge is 2.15. The highest BCUT2D eigenvalue weighted by Crippen LogP contribution is 2.30. The normalized spacial score (nSPS) is 11.1. The zero-order valence-electron chi connectivity index (χ0n) is 11.2. The van der Waals surface area contributed by atoms with Crippen molar-refractivity contribution in [3.05, 3.63) is 48.0 Å². The molecule has 0 unspecified atom stereocenters. The highest BCUT2D eigenvalue weighted by atomic mass is 32.2. The lowest BCUT2D eigenvalue weighted by atomic mass is 10.0. The lowest BCUT2D eigenvalue weighted by molar-refractivity contribution is 0.112. The van der Waals surface area contributed by atoms with Gasteiger partial charge in [-0.1, -0.05) is 24.3 Å². The van der Waals surface area contributed by atoms with E-state index in [0.717, 1.165) is 6.26 Å². The quantitative estimate of drug-likeness (QED) is 0.812. The Balaban J connectivity index is 2.67. The highest BCUT2D eigenvalue weighted by molar-refractivity contribution is 7.90. The number of methoxy groups -OCH3 is 1. The molecule has 0 saturated carbocycles. The molecule has 0 spiro atoms. The predicted molar refractivity (Wildman–Crippen MR) is 76.9 cm³/mol. The minimum Gasteiger partial charge on any atom is -0.496 e. The smallest absolute Gasteiger partial charge is 0.176 e. The van der Waals surface area contributed by atoms with Gasteiger partial charge in [0.2, 0.25) is 0 Å². The molecule has 0 bridgehead atoms. The molecule has 104 valence electrons. The fourth-order valence-corrected chi connectivity index (χ4v) is 2.93. The molecule has 0 N–H and O–H groups in total. The van der Waals surface area contributed by atoms with E-state index in [4.69, 9.17) is 4.74 Å². The third-order valence-corrected chi connectivity index (χ3v) is 4.11. The van der Waals surface area contributed by atoms with Crippen LogP contribution in [-0.2, 0) is 9.84 Å². The summed E-state index contributed by atoms with van der Waals surface area (Å²) in [6.45, 7) is 0. The van der Waals surface area contributed by atoms with Crippen molar-refractivity contribution in [2.75, 3.05) is 13.4 Å². The predicted octanol–water partition coefficient (Wildman–Crippen LogP) is 2.58. The molecular formula is C15H14O4S. The van der Waals surface area contributed by atoms with Crippen LogP contribution in [0.5, 0.6) is 5.75 Å². The Labute approximate surface area is 117 Å². The Hall–Kier alpha value is -2.14. The Bertz CT molecular complexity index is 748. The average Bonchev–Trinajstić information content (AvgIpc) is 2.45. The molecule has 0 heterocycles. The number of carbonyl (C=O) groups excluding carboxylic acids is 1. The van der Waals surface area contributed by atoms with E-state index in [9.17, 15) is 13.2 Å². The summed E-state index contributed by atoms with van der Waals surface area (Å²) in [5.74, 6) is 0.459. The fraction of sp³-hybridized carbons (Fsp3) is 0.133. The summed E-state index contributed by atoms with van der Waals surface area (Å²) in [5, 5.41) is 0. The number of carbonyl (C=O) groups is 1. The minimum atomic E-state index is -3.34. The van der Waals surface area contributed by atoms with Gasteiger partial charge in [0.05, 0.1) is 17.6 Å². The molecule has 2 rings (SSSR count). The van der Waals surface area contributed by atoms with Crippen molar-refractivity contribution in [2.24, 2.45) is 0 Å². The van der Waals surface area contributed by atoms with Crippen LogP contribution in [0.4, 0.5) is 0 Å². The lowest BCUT2D eigenvalue weighted by Crippen LogP contribution is -2.00. The maximum Gasteiger partial charge on any atom is 0.176 e. The number of hydrogen-bond acceptors (Lipinski definition) is 4. The first kappa shape index (κ1) is 14.3. The maximum atomic E-state index is 11.8. The number of benzene rings is 2. The van der Waals surface area contributed by atoms with Gasteiger partial charge in [-0.2, -0.15) is 0 Å². The maximum absolute atomic E-state index is 11.8. The van der Waals surface area contributed by atoms with E-state index in [1.54, 1.807) is 42.5 Å². The van der Waals surface area contributed by atoms with Crippen molar-refractivity contribution in [3.8, 4) is 16.9 Å². The number of rotatable bonds is 4. The molecule has 0 saturated heterocycles. The first-order valence-electron chi connectivity index (χ1n) is 5.90. The molecule has 0 atom stereocenters. The molecule has 0 aliphatic rings. The Kier molecular flexibility index (Phi) is 3.90. The number of aldehydes is 1. The molecule has 2 aromatic carbocycles. The summed E-state index contributed by atoms with van der Waals surface area (Å²) in [5.41, 5.74) is 1.61. The molecule has 0 aromatic heterocycles. The zero-order valence-corrected chi connectivity index (χ0v) is 12.0. The van der Waals surface area contributed by atoms with Crippen LogP contribution in [-0.4, -0.2) is 28.1 Å². The zero-order chi connectivity index (χ0) is 14.8. The minimum absolute atomic E-state index is 0.238. The first-order chi connectivity index (χ1) is 9.47. The second-order valence-electron chi connectivity index (χ2n) is 4.34. The monoisotopic (exact) mass is 290 g/mol. The van der Waals surface area contributed by atoms with Gasteiger partial charge >= 0.3 is 0 Å². The van der Waals surface area contributed by atoms with Crippen molar-refractivity contribution < 1.29 is 17.9 Å². The van der Waals surface area contributed by atoms with Crippen LogP contribution in [0.1, 0.15) is 10.4 Å². The largest absolute Gasteiger partial charge is 0.496 e. The van der Waals surface area contributed by atoms with Gasteiger partial charge in [0, 0.05) is 11.8 Å². The van der Waals surface area contributed by atoms with Crippen molar-refractivity contribution in [1.82, 2.24) is 0 Å². The third kappa shape index (κ3) is 2.72. The van der Waals surface area contributed by atoms with E-state index in [2.05, 4.69) is 0 Å². The van der Waals surface area contributed by atoms with E-state index in [1.165, 1.54) is 7.11 Å². The summed E-state index contributed by atoms with van der Waals surface area (Å²) < 4.78 is 28.7. The van der Waals surface area contributed by atoms with Gasteiger partial charge in [-0.05, 0) is 23.8 Å². The molecule has 0 amide bonds. The molecule has 0 radical (unpaired) electrons. The first-order valence-corrected chi connectivity index (χ1v) is 7.79. The van der Waals surface area contributed by atoms with Crippen molar-refractivity contribution in [2.45, 2.75) is 4.90 Å². The van der Waals surface area contributed by atoms with Crippen LogP contribution >= 0.6 is 0 Å². The molecule has 0 fully saturated rings. The fourth-order valence-electron chi connectivity index (χ4n) is 2.02. The lowest BCUT2D eigenvalue weighted by Gasteiger charge is -2.10. The van der Waals surface area contributed by atoms with E-state index in [1.807, 2.05) is 0 Å². The summed E-state index contributed by atoms with van der Waals surface area (Å²) in [6.07, 6.45) is 1.85. The van der Waals surface area contributed by atoms with E-state index in [-0.39, 0.29) is 4.90 Å². The Morgan fingerprint density at radius 2 is 1.80 bits per heavy atom. The van der Waals surface area contributed by atoms with Crippen molar-refractivity contribution >= 4 is 16.1 Å². The molecule has 5 heteroatoms. The second kappa shape index (κ2) is 5.46. The van der Waals surface area contributed by atoms with Crippen LogP contribution in [0.15, 0.2) is 47.4 Å². The van der Waals surface area contributed by atoms with E-state index < -0.39 is 9.84 Å². The van der Waals surface area contributed by atoms with E-state index in [0.29, 0.717) is 28.7 Å². The van der Waals surface area contributed by atoms with Crippen LogP contribution < -0.4 is 4.74 Å². The van der Waals surface area contributed by atoms with Gasteiger partial charge in [-0.25, -0.2) is 8.42 Å². The molecule has 0 aliphatic carbocycles. The average molecular weight is 290 g/mol. The van der Waals surface area contributed by atoms with Gasteiger partial charge in [0.1, 0.15) is 5.75 Å². The van der Waals surface area contributed by atoms with Gasteiger partial charge in [-0.3, -0.25) is 4.79 Å². The summed E-state index contributed by atoms with van der Waals surface area (Å²) in [7, 11) is -1.86. The molecular weight excluding hydrogens is 276 g/mol. The summed E-state index contributed by atoms with van der Waals surface area (Å²) in [4.78, 5) is 11.3. The van der Waals surface area contributed by atoms with Gasteiger partial charge < -0.3 is 4.74 Å². The Morgan fingerprint density at radius 3 is 2.40 bits per heavy atom. The molecule has 2 aromatic rings. The molecule has 20 heavy (non-hydrogen) atoms. The SMILES string of the molecule is COc1ccc(-c2ccccc2S(C)(=O)=O)cc1C=O. The summed E-state index contributed by atoms with van der Waals surface area (Å²) in [6, 6.07) is 11.7. The van der Waals surface area contributed by atoms with Gasteiger partial charge in [0.25, 0.3) is 0 Å². The number of sulfone groups is 1. The van der Waals surface area contributed by atoms with Gasteiger partial charge in [-0.15, -0.1) is 0 Å². The van der Waals surface area contributed by atoms with Crippen molar-refractivity contribution in [1.29, 1.82) is 0 Å². The van der Waals surface area contributed by atoms with E-state index >= 15 is 0 Å². The van der Waals surface area contributed by atoms with Gasteiger partial charge in [0.15, 0.2) is 16.1 Å². The third-order valence-electron chi connectivity index (χ3n) is 2.95. The molecule has 4 nitrogen and oxygen atoms in total. The van der Waals surface area contributed by atoms with Crippen LogP contribution in [0, 0.1) is 0 Å². The number of hydrogen-bond donors (Lipinski definition) is 0. The van der Waals surface area contributed by atoms with Crippen LogP contribution in [0.2, 0.25) is 0 Å². The summed E-state index contributed by atoms with van der Waals surface area (Å²) >= 11 is 0. The van der Waals surface area contributed by atoms with Crippen LogP contribution in [0.3, 0.4) is 0 Å². The van der Waals surface area contributed by atoms with Crippen molar-refractivity contribution in [3.63, 3.8) is 0 Å². The topological polar surface area (TPSA) is 60.4 Å². The number of ether oxygens (including phenoxy) is 1. The Morgan fingerprint density at radius 1 is 1.10 bits per heavy atom. The van der Waals surface area contributed by atoms with Crippen LogP contribution in [0.25, 0.3) is 11.1 Å².